The van der Waals surface area contributed by atoms with Crippen LogP contribution in [0.5, 0.6) is 0 Å². The number of hydrogen-bond donors (Lipinski definition) is 3. The van der Waals surface area contributed by atoms with E-state index in [-0.39, 0.29) is 6.04 Å². The van der Waals surface area contributed by atoms with Gasteiger partial charge >= 0.3 is 0 Å². The lowest BCUT2D eigenvalue weighted by atomic mass is 9.90. The van der Waals surface area contributed by atoms with Gasteiger partial charge in [0.2, 0.25) is 0 Å². The number of fused-ring (bicyclic) bond motifs is 2. The lowest BCUT2D eigenvalue weighted by molar-refractivity contribution is 0.152. The number of H-pyrrole nitrogens is 1. The van der Waals surface area contributed by atoms with Gasteiger partial charge in [-0.05, 0) is 59.7 Å². The molecule has 0 amide bonds. The molecule has 6 heteroatoms. The highest BCUT2D eigenvalue weighted by molar-refractivity contribution is 5.74. The summed E-state index contributed by atoms with van der Waals surface area (Å²) in [6.07, 6.45) is 5.23. The zero-order valence-electron chi connectivity index (χ0n) is 18.3. The van der Waals surface area contributed by atoms with Crippen LogP contribution in [0.25, 0.3) is 11.0 Å². The van der Waals surface area contributed by atoms with Crippen LogP contribution in [0.2, 0.25) is 0 Å². The summed E-state index contributed by atoms with van der Waals surface area (Å²) in [6, 6.07) is 18.9. The minimum atomic E-state index is 0.226. The Bertz CT molecular complexity index is 1160. The molecule has 2 aromatic carbocycles. The molecule has 1 aliphatic rings. The van der Waals surface area contributed by atoms with Crippen molar-refractivity contribution in [3.8, 4) is 0 Å². The smallest absolute Gasteiger partial charge is 0.121 e. The first kappa shape index (κ1) is 20.8. The van der Waals surface area contributed by atoms with Crippen molar-refractivity contribution in [2.24, 2.45) is 11.5 Å². The van der Waals surface area contributed by atoms with Gasteiger partial charge in [-0.15, -0.1) is 0 Å². The van der Waals surface area contributed by atoms with Gasteiger partial charge in [-0.2, -0.15) is 0 Å². The minimum Gasteiger partial charge on any atom is -0.341 e. The Morgan fingerprint density at radius 1 is 0.938 bits per heavy atom. The summed E-state index contributed by atoms with van der Waals surface area (Å²) in [6.45, 7) is 2.47. The van der Waals surface area contributed by atoms with E-state index >= 15 is 0 Å². The van der Waals surface area contributed by atoms with E-state index in [9.17, 15) is 0 Å². The third kappa shape index (κ3) is 4.05. The van der Waals surface area contributed by atoms with Crippen LogP contribution in [0.15, 0.2) is 60.8 Å². The number of rotatable bonds is 7. The second-order valence-electron chi connectivity index (χ2n) is 8.52. The molecule has 0 saturated carbocycles. The number of aromatic amines is 1. The Labute approximate surface area is 188 Å². The number of nitrogens with one attached hydrogen (secondary N) is 1. The molecule has 5 N–H and O–H groups in total. The van der Waals surface area contributed by atoms with Crippen LogP contribution in [0.4, 0.5) is 0 Å². The van der Waals surface area contributed by atoms with Gasteiger partial charge in [0.15, 0.2) is 0 Å². The molecule has 4 aromatic rings. The highest BCUT2D eigenvalue weighted by Crippen LogP contribution is 2.35. The van der Waals surface area contributed by atoms with E-state index in [1.165, 1.54) is 16.8 Å². The van der Waals surface area contributed by atoms with Gasteiger partial charge in [0.1, 0.15) is 5.82 Å². The van der Waals surface area contributed by atoms with E-state index < -0.39 is 0 Å². The molecule has 0 spiro atoms. The highest BCUT2D eigenvalue weighted by Gasteiger charge is 2.29. The van der Waals surface area contributed by atoms with Gasteiger partial charge in [0.25, 0.3) is 0 Å². The van der Waals surface area contributed by atoms with Crippen LogP contribution in [0.1, 0.15) is 52.7 Å². The first-order chi connectivity index (χ1) is 15.8. The minimum absolute atomic E-state index is 0.226. The molecule has 1 atom stereocenters. The lowest BCUT2D eigenvalue weighted by Gasteiger charge is -2.35. The predicted molar refractivity (Wildman–Crippen MR) is 127 cm³/mol. The average molecular weight is 427 g/mol. The number of benzene rings is 2. The monoisotopic (exact) mass is 426 g/mol. The molecule has 0 radical (unpaired) electrons. The molecule has 32 heavy (non-hydrogen) atoms. The van der Waals surface area contributed by atoms with Gasteiger partial charge in [0, 0.05) is 25.8 Å². The zero-order valence-corrected chi connectivity index (χ0v) is 18.3. The quantitative estimate of drug-likeness (QED) is 0.416. The topological polar surface area (TPSA) is 96.9 Å². The number of hydrogen-bond acceptors (Lipinski definition) is 5. The standard InChI is InChI=1S/C26H30N6/c27-14-19-7-3-8-20(15-28)21(19)16-32(17-25-30-22-10-1-2-11-23(22)31-25)24-12-4-6-18-9-5-13-29-26(18)24/h1-3,5,7-11,13,24H,4,6,12,14-17,27-28H2,(H,30,31). The Morgan fingerprint density at radius 2 is 1.75 bits per heavy atom. The normalized spacial score (nSPS) is 15.9. The number of pyridine rings is 1. The van der Waals surface area contributed by atoms with Crippen LogP contribution >= 0.6 is 0 Å². The maximum absolute atomic E-state index is 6.12. The van der Waals surface area contributed by atoms with Crippen LogP contribution in [0, 0.1) is 0 Å². The Hall–Kier alpha value is -3.06. The van der Waals surface area contributed by atoms with Crippen molar-refractivity contribution < 1.29 is 0 Å². The number of para-hydroxylation sites is 2. The van der Waals surface area contributed by atoms with E-state index in [1.54, 1.807) is 0 Å². The van der Waals surface area contributed by atoms with E-state index in [0.717, 1.165) is 53.8 Å². The van der Waals surface area contributed by atoms with Crippen molar-refractivity contribution in [3.05, 3.63) is 94.6 Å². The van der Waals surface area contributed by atoms with E-state index in [1.807, 2.05) is 30.5 Å². The number of nitrogens with zero attached hydrogens (tertiary/aromatic N) is 3. The van der Waals surface area contributed by atoms with Crippen molar-refractivity contribution in [2.75, 3.05) is 0 Å². The molecule has 0 aliphatic heterocycles. The fourth-order valence-corrected chi connectivity index (χ4v) is 4.97. The van der Waals surface area contributed by atoms with Gasteiger partial charge < -0.3 is 16.5 Å². The molecule has 1 aliphatic carbocycles. The Morgan fingerprint density at radius 3 is 2.53 bits per heavy atom. The molecule has 164 valence electrons. The molecule has 1 unspecified atom stereocenters. The maximum Gasteiger partial charge on any atom is 0.121 e. The SMILES string of the molecule is NCc1cccc(CN)c1CN(Cc1nc2ccccc2[nH]1)C1CCCc2cccnc21. The lowest BCUT2D eigenvalue weighted by Crippen LogP contribution is -2.32. The van der Waals surface area contributed by atoms with Crippen molar-refractivity contribution in [2.45, 2.75) is 51.5 Å². The second-order valence-corrected chi connectivity index (χ2v) is 8.52. The summed E-state index contributed by atoms with van der Waals surface area (Å²) < 4.78 is 0. The van der Waals surface area contributed by atoms with E-state index in [0.29, 0.717) is 19.6 Å². The van der Waals surface area contributed by atoms with Crippen LogP contribution < -0.4 is 11.5 Å². The van der Waals surface area contributed by atoms with Crippen molar-refractivity contribution in [1.82, 2.24) is 19.9 Å². The van der Waals surface area contributed by atoms with Crippen molar-refractivity contribution in [3.63, 3.8) is 0 Å². The molecular formula is C26H30N6. The van der Waals surface area contributed by atoms with E-state index in [2.05, 4.69) is 40.2 Å². The maximum atomic E-state index is 6.12. The van der Waals surface area contributed by atoms with Gasteiger partial charge in [-0.1, -0.05) is 36.4 Å². The first-order valence-electron chi connectivity index (χ1n) is 11.4. The summed E-state index contributed by atoms with van der Waals surface area (Å²) >= 11 is 0. The molecular weight excluding hydrogens is 396 g/mol. The molecule has 0 saturated heterocycles. The van der Waals surface area contributed by atoms with E-state index in [4.69, 9.17) is 21.4 Å². The van der Waals surface area contributed by atoms with Crippen LogP contribution in [-0.4, -0.2) is 19.9 Å². The van der Waals surface area contributed by atoms with Crippen molar-refractivity contribution in [1.29, 1.82) is 0 Å². The van der Waals surface area contributed by atoms with Gasteiger partial charge in [-0.3, -0.25) is 9.88 Å². The molecule has 5 rings (SSSR count). The third-order valence-corrected chi connectivity index (χ3v) is 6.57. The summed E-state index contributed by atoms with van der Waals surface area (Å²) in [5, 5.41) is 0. The molecule has 0 bridgehead atoms. The highest BCUT2D eigenvalue weighted by atomic mass is 15.2. The first-order valence-corrected chi connectivity index (χ1v) is 11.4. The summed E-state index contributed by atoms with van der Waals surface area (Å²) in [4.78, 5) is 15.7. The number of aryl methyl sites for hydroxylation is 1. The predicted octanol–water partition coefficient (Wildman–Crippen LogP) is 3.96. The average Bonchev–Trinajstić information content (AvgIpc) is 3.25. The molecule has 6 nitrogen and oxygen atoms in total. The fourth-order valence-electron chi connectivity index (χ4n) is 4.97. The van der Waals surface area contributed by atoms with Crippen molar-refractivity contribution >= 4 is 11.0 Å². The third-order valence-electron chi connectivity index (χ3n) is 6.57. The second kappa shape index (κ2) is 9.20. The molecule has 2 heterocycles. The van der Waals surface area contributed by atoms with Crippen LogP contribution in [0.3, 0.4) is 0 Å². The zero-order chi connectivity index (χ0) is 21.9. The molecule has 2 aromatic heterocycles. The van der Waals surface area contributed by atoms with Crippen LogP contribution in [-0.2, 0) is 32.6 Å². The summed E-state index contributed by atoms with van der Waals surface area (Å²) in [5.74, 6) is 0.966. The Balaban J connectivity index is 1.55. The van der Waals surface area contributed by atoms with Gasteiger partial charge in [-0.25, -0.2) is 4.98 Å². The fraction of sp³-hybridized carbons (Fsp3) is 0.308. The molecule has 0 fully saturated rings. The van der Waals surface area contributed by atoms with Gasteiger partial charge in [0.05, 0.1) is 29.3 Å². The largest absolute Gasteiger partial charge is 0.341 e. The number of imidazole rings is 1. The Kier molecular flexibility index (Phi) is 5.99. The number of nitrogens with two attached hydrogens (primary N) is 2. The summed E-state index contributed by atoms with van der Waals surface area (Å²) in [7, 11) is 0. The number of aromatic nitrogens is 3. The summed E-state index contributed by atoms with van der Waals surface area (Å²) in [5.41, 5.74) is 20.4.